The third-order valence-corrected chi connectivity index (χ3v) is 5.40. The highest BCUT2D eigenvalue weighted by Gasteiger charge is 2.21. The molecule has 156 valence electrons. The summed E-state index contributed by atoms with van der Waals surface area (Å²) in [7, 11) is 0. The molecule has 1 heterocycles. The number of carbonyl (C=O) groups is 2. The average molecular weight is 424 g/mol. The normalized spacial score (nSPS) is 11.7. The van der Waals surface area contributed by atoms with Crippen LogP contribution in [0.4, 0.5) is 0 Å². The Labute approximate surface area is 180 Å². The van der Waals surface area contributed by atoms with E-state index in [1.807, 2.05) is 72.8 Å². The minimum atomic E-state index is -0.593. The van der Waals surface area contributed by atoms with Gasteiger partial charge in [0.05, 0.1) is 30.4 Å². The monoisotopic (exact) mass is 423 g/mol. The smallest absolute Gasteiger partial charge is 0.246 e. The van der Waals surface area contributed by atoms with Gasteiger partial charge in [-0.25, -0.2) is 0 Å². The van der Waals surface area contributed by atoms with Crippen LogP contribution >= 0.6 is 11.8 Å². The van der Waals surface area contributed by atoms with Gasteiger partial charge in [-0.3, -0.25) is 9.59 Å². The van der Waals surface area contributed by atoms with Crippen LogP contribution < -0.4 is 5.32 Å². The lowest BCUT2D eigenvalue weighted by molar-refractivity contribution is -0.130. The SMILES string of the molecule is O=C(COCc1ccccc1)NC(Cc1ccccc1)C(=O)CSCc1ccco1. The minimum Gasteiger partial charge on any atom is -0.468 e. The molecule has 1 N–H and O–H groups in total. The van der Waals surface area contributed by atoms with Gasteiger partial charge in [-0.2, -0.15) is 0 Å². The topological polar surface area (TPSA) is 68.5 Å². The molecule has 30 heavy (non-hydrogen) atoms. The number of nitrogens with one attached hydrogen (secondary N) is 1. The molecule has 6 heteroatoms. The molecule has 1 atom stereocenters. The number of thioether (sulfide) groups is 1. The van der Waals surface area contributed by atoms with E-state index in [-0.39, 0.29) is 18.3 Å². The van der Waals surface area contributed by atoms with Gasteiger partial charge in [0.25, 0.3) is 0 Å². The Bertz CT molecular complexity index is 897. The Hall–Kier alpha value is -2.83. The van der Waals surface area contributed by atoms with E-state index < -0.39 is 6.04 Å². The van der Waals surface area contributed by atoms with Crippen LogP contribution in [0.1, 0.15) is 16.9 Å². The molecule has 0 bridgehead atoms. The van der Waals surface area contributed by atoms with Crippen molar-refractivity contribution in [1.82, 2.24) is 5.32 Å². The van der Waals surface area contributed by atoms with Gasteiger partial charge in [-0.15, -0.1) is 11.8 Å². The summed E-state index contributed by atoms with van der Waals surface area (Å²) in [6.07, 6.45) is 2.07. The summed E-state index contributed by atoms with van der Waals surface area (Å²) in [6.45, 7) is 0.261. The molecule has 2 aromatic carbocycles. The summed E-state index contributed by atoms with van der Waals surface area (Å²) >= 11 is 1.47. The second-order valence-corrected chi connectivity index (χ2v) is 7.81. The van der Waals surface area contributed by atoms with Crippen LogP contribution in [0.5, 0.6) is 0 Å². The largest absolute Gasteiger partial charge is 0.468 e. The van der Waals surface area contributed by atoms with Crippen LogP contribution in [0.15, 0.2) is 83.5 Å². The van der Waals surface area contributed by atoms with Crippen molar-refractivity contribution < 1.29 is 18.7 Å². The zero-order chi connectivity index (χ0) is 21.0. The number of ketones is 1. The van der Waals surface area contributed by atoms with E-state index in [1.165, 1.54) is 11.8 Å². The molecular formula is C24H25NO4S. The highest BCUT2D eigenvalue weighted by molar-refractivity contribution is 7.99. The molecule has 0 saturated heterocycles. The van der Waals surface area contributed by atoms with Gasteiger partial charge in [-0.05, 0) is 29.7 Å². The van der Waals surface area contributed by atoms with E-state index in [1.54, 1.807) is 6.26 Å². The number of rotatable bonds is 12. The fraction of sp³-hybridized carbons (Fsp3) is 0.250. The molecule has 0 saturated carbocycles. The van der Waals surface area contributed by atoms with Crippen molar-refractivity contribution in [2.75, 3.05) is 12.4 Å². The van der Waals surface area contributed by atoms with Gasteiger partial charge < -0.3 is 14.5 Å². The third-order valence-electron chi connectivity index (χ3n) is 4.42. The van der Waals surface area contributed by atoms with Crippen LogP contribution in [-0.2, 0) is 33.1 Å². The number of hydrogen-bond donors (Lipinski definition) is 1. The highest BCUT2D eigenvalue weighted by atomic mass is 32.2. The predicted molar refractivity (Wildman–Crippen MR) is 118 cm³/mol. The van der Waals surface area contributed by atoms with E-state index in [2.05, 4.69) is 5.32 Å². The van der Waals surface area contributed by atoms with E-state index in [4.69, 9.17) is 9.15 Å². The molecule has 0 fully saturated rings. The lowest BCUT2D eigenvalue weighted by Gasteiger charge is -2.18. The molecule has 3 aromatic rings. The first-order valence-corrected chi connectivity index (χ1v) is 10.9. The molecule has 0 spiro atoms. The van der Waals surface area contributed by atoms with Crippen molar-refractivity contribution in [2.45, 2.75) is 24.8 Å². The molecule has 0 aliphatic carbocycles. The van der Waals surface area contributed by atoms with Crippen molar-refractivity contribution >= 4 is 23.5 Å². The lowest BCUT2D eigenvalue weighted by Crippen LogP contribution is -2.44. The predicted octanol–water partition coefficient (Wildman–Crippen LogP) is 4.03. The van der Waals surface area contributed by atoms with Gasteiger partial charge >= 0.3 is 0 Å². The molecule has 0 aliphatic rings. The van der Waals surface area contributed by atoms with Crippen molar-refractivity contribution in [1.29, 1.82) is 0 Å². The Morgan fingerprint density at radius 1 is 0.933 bits per heavy atom. The summed E-state index contributed by atoms with van der Waals surface area (Å²) in [5.74, 6) is 1.42. The summed E-state index contributed by atoms with van der Waals surface area (Å²) in [4.78, 5) is 25.2. The fourth-order valence-electron chi connectivity index (χ4n) is 2.91. The van der Waals surface area contributed by atoms with Gasteiger partial charge in [0.15, 0.2) is 5.78 Å². The van der Waals surface area contributed by atoms with Crippen LogP contribution in [0, 0.1) is 0 Å². The van der Waals surface area contributed by atoms with Crippen molar-refractivity contribution in [3.63, 3.8) is 0 Å². The average Bonchev–Trinajstić information content (AvgIpc) is 3.28. The number of hydrogen-bond acceptors (Lipinski definition) is 5. The fourth-order valence-corrected chi connectivity index (χ4v) is 3.78. The maximum absolute atomic E-state index is 12.8. The Balaban J connectivity index is 1.51. The zero-order valence-corrected chi connectivity index (χ0v) is 17.5. The molecule has 1 unspecified atom stereocenters. The lowest BCUT2D eigenvalue weighted by atomic mass is 10.0. The molecule has 5 nitrogen and oxygen atoms in total. The Kier molecular flexibility index (Phi) is 8.75. The van der Waals surface area contributed by atoms with Gasteiger partial charge in [0.2, 0.25) is 5.91 Å². The number of amides is 1. The van der Waals surface area contributed by atoms with Crippen molar-refractivity contribution in [2.24, 2.45) is 0 Å². The number of Topliss-reactive ketones (excluding diaryl/α,β-unsaturated/α-hetero) is 1. The zero-order valence-electron chi connectivity index (χ0n) is 16.7. The first-order chi connectivity index (χ1) is 14.7. The highest BCUT2D eigenvalue weighted by Crippen LogP contribution is 2.14. The molecule has 3 rings (SSSR count). The van der Waals surface area contributed by atoms with Crippen molar-refractivity contribution in [3.8, 4) is 0 Å². The Morgan fingerprint density at radius 2 is 1.63 bits per heavy atom. The molecule has 1 aromatic heterocycles. The van der Waals surface area contributed by atoms with Crippen LogP contribution in [0.25, 0.3) is 0 Å². The van der Waals surface area contributed by atoms with E-state index in [0.29, 0.717) is 24.5 Å². The first-order valence-electron chi connectivity index (χ1n) is 9.78. The number of carbonyl (C=O) groups excluding carboxylic acids is 2. The van der Waals surface area contributed by atoms with Crippen LogP contribution in [0.3, 0.4) is 0 Å². The number of furan rings is 1. The molecule has 0 aliphatic heterocycles. The molecule has 0 radical (unpaired) electrons. The van der Waals surface area contributed by atoms with E-state index in [9.17, 15) is 9.59 Å². The second kappa shape index (κ2) is 12.0. The van der Waals surface area contributed by atoms with Crippen LogP contribution in [-0.4, -0.2) is 30.1 Å². The number of ether oxygens (including phenoxy) is 1. The minimum absolute atomic E-state index is 0.0215. The molecule has 1 amide bonds. The Morgan fingerprint density at radius 3 is 2.30 bits per heavy atom. The molecular weight excluding hydrogens is 398 g/mol. The number of benzene rings is 2. The maximum Gasteiger partial charge on any atom is 0.246 e. The van der Waals surface area contributed by atoms with Crippen molar-refractivity contribution in [3.05, 3.63) is 95.9 Å². The standard InChI is InChI=1S/C24H25NO4S/c26-23(18-30-17-21-12-7-13-29-21)22(14-19-8-3-1-4-9-19)25-24(27)16-28-15-20-10-5-2-6-11-20/h1-13,22H,14-18H2,(H,25,27). The summed E-state index contributed by atoms with van der Waals surface area (Å²) < 4.78 is 10.8. The van der Waals surface area contributed by atoms with Gasteiger partial charge in [0.1, 0.15) is 12.4 Å². The quantitative estimate of drug-likeness (QED) is 0.476. The third kappa shape index (κ3) is 7.54. The maximum atomic E-state index is 12.8. The van der Waals surface area contributed by atoms with Gasteiger partial charge in [-0.1, -0.05) is 60.7 Å². The second-order valence-electron chi connectivity index (χ2n) is 6.83. The first kappa shape index (κ1) is 21.9. The summed E-state index contributed by atoms with van der Waals surface area (Å²) in [5.41, 5.74) is 1.99. The van der Waals surface area contributed by atoms with Gasteiger partial charge in [0, 0.05) is 0 Å². The summed E-state index contributed by atoms with van der Waals surface area (Å²) in [6, 6.07) is 22.5. The van der Waals surface area contributed by atoms with Crippen LogP contribution in [0.2, 0.25) is 0 Å². The van der Waals surface area contributed by atoms with E-state index in [0.717, 1.165) is 16.9 Å². The summed E-state index contributed by atoms with van der Waals surface area (Å²) in [5, 5.41) is 2.84. The van der Waals surface area contributed by atoms with E-state index >= 15 is 0 Å².